The van der Waals surface area contributed by atoms with Crippen LogP contribution < -0.4 is 31.9 Å². The predicted octanol–water partition coefficient (Wildman–Crippen LogP) is 2.06. The number of carbonyl (C=O) groups excluding carboxylic acids is 8. The Morgan fingerprint density at radius 1 is 0.926 bits per heavy atom. The summed E-state index contributed by atoms with van der Waals surface area (Å²) in [5.74, 6) is -6.71. The van der Waals surface area contributed by atoms with E-state index >= 15 is 0 Å². The number of aliphatic hydroxyl groups is 1. The largest absolute Gasteiger partial charge is 0.508 e. The van der Waals surface area contributed by atoms with Gasteiger partial charge < -0.3 is 56.4 Å². The van der Waals surface area contributed by atoms with Crippen molar-refractivity contribution in [1.82, 2.24) is 46.8 Å². The lowest BCUT2D eigenvalue weighted by atomic mass is 9.98. The van der Waals surface area contributed by atoms with Crippen LogP contribution in [0.25, 0.3) is 17.0 Å². The molecule has 4 bridgehead atoms. The maximum absolute atomic E-state index is 14.4. The number of oxazole rings is 1. The number of aromatic nitrogens is 2. The monoisotopic (exact) mass is 945 g/mol. The van der Waals surface area contributed by atoms with E-state index in [0.29, 0.717) is 23.0 Å². The number of rotatable bonds is 12. The molecule has 7 amide bonds. The molecule has 5 rings (SSSR count). The van der Waals surface area contributed by atoms with Gasteiger partial charge in [0, 0.05) is 48.7 Å². The van der Waals surface area contributed by atoms with Crippen LogP contribution in [0.15, 0.2) is 41.0 Å². The van der Waals surface area contributed by atoms with Crippen LogP contribution in [0.5, 0.6) is 5.75 Å². The number of H-pyrrole nitrogens is 1. The van der Waals surface area contributed by atoms with Crippen molar-refractivity contribution in [3.05, 3.63) is 53.9 Å². The maximum Gasteiger partial charge on any atom is 0.290 e. The minimum Gasteiger partial charge on any atom is -0.508 e. The summed E-state index contributed by atoms with van der Waals surface area (Å²) in [6.07, 6.45) is 3.67. The molecule has 2 aliphatic rings. The topological polar surface area (TPSA) is 294 Å². The molecule has 2 aliphatic heterocycles. The number of carbonyl (C=O) groups is 8. The van der Waals surface area contributed by atoms with Gasteiger partial charge in [0.1, 0.15) is 48.0 Å². The first kappa shape index (κ1) is 52.4. The predicted molar refractivity (Wildman–Crippen MR) is 250 cm³/mol. The molecule has 1 fully saturated rings. The van der Waals surface area contributed by atoms with Gasteiger partial charge >= 0.3 is 0 Å². The molecule has 68 heavy (non-hydrogen) atoms. The summed E-state index contributed by atoms with van der Waals surface area (Å²) >= 11 is 0. The van der Waals surface area contributed by atoms with E-state index in [4.69, 9.17) is 4.42 Å². The van der Waals surface area contributed by atoms with E-state index in [9.17, 15) is 48.6 Å². The summed E-state index contributed by atoms with van der Waals surface area (Å²) in [6.45, 7) is 12.6. The number of amides is 7. The van der Waals surface area contributed by atoms with Crippen LogP contribution in [0.4, 0.5) is 0 Å². The molecule has 1 aromatic carbocycles. The van der Waals surface area contributed by atoms with Gasteiger partial charge in [-0.05, 0) is 87.1 Å². The molecular formula is C48H67N9O11. The summed E-state index contributed by atoms with van der Waals surface area (Å²) in [7, 11) is 0. The van der Waals surface area contributed by atoms with Crippen molar-refractivity contribution < 1.29 is 53.0 Å². The van der Waals surface area contributed by atoms with Crippen LogP contribution >= 0.6 is 0 Å². The summed E-state index contributed by atoms with van der Waals surface area (Å²) < 4.78 is 5.54. The minimum atomic E-state index is -1.36. The van der Waals surface area contributed by atoms with E-state index in [1.54, 1.807) is 32.0 Å². The second-order valence-corrected chi connectivity index (χ2v) is 18.8. The lowest BCUT2D eigenvalue weighted by Gasteiger charge is -2.28. The van der Waals surface area contributed by atoms with E-state index in [1.807, 2.05) is 34.6 Å². The highest BCUT2D eigenvalue weighted by Gasteiger charge is 2.38. The third-order valence-electron chi connectivity index (χ3n) is 12.2. The number of nitrogens with zero attached hydrogens (tertiary/aromatic N) is 2. The third kappa shape index (κ3) is 14.5. The third-order valence-corrected chi connectivity index (χ3v) is 12.2. The molecule has 1 saturated heterocycles. The van der Waals surface area contributed by atoms with Crippen molar-refractivity contribution in [2.75, 3.05) is 19.6 Å². The van der Waals surface area contributed by atoms with Gasteiger partial charge in [-0.1, -0.05) is 48.0 Å². The highest BCUT2D eigenvalue weighted by molar-refractivity contribution is 6.38. The molecule has 2 unspecified atom stereocenters. The molecule has 4 heterocycles. The zero-order valence-electron chi connectivity index (χ0n) is 39.8. The van der Waals surface area contributed by atoms with Crippen LogP contribution in [0.3, 0.4) is 0 Å². The first-order valence-electron chi connectivity index (χ1n) is 23.5. The van der Waals surface area contributed by atoms with Gasteiger partial charge in [0.25, 0.3) is 5.91 Å². The standard InChI is InChI=1S/C48H67N9O11/c1-8-27(6)40(60)45(65)56-37(19-26(4)5)44(64)54-35-10-9-16-49-43(63)38(22-32-20-30-21-33(58)12-13-34(30)51-32)53-39(59)14-11-31-24-68-47(52-31)28(7)50-46(66)41(61)36(18-25(2)3)55-42(62)29-15-17-57(23-29)48(35)67/h11-14,20-21,24-29,35-38,40,51,58,60H,8-10,15-19,22-23H2,1-7H3,(H,49,63)(H,50,66)(H,53,59)(H,54,64)(H,55,62)(H,56,65)/b14-11+/t27?,28-,29+,35-,36-,37+,38-,40?/m0/s1. The summed E-state index contributed by atoms with van der Waals surface area (Å²) in [5, 5.41) is 37.7. The molecule has 370 valence electrons. The Labute approximate surface area is 395 Å². The molecule has 8 atom stereocenters. The molecule has 3 aromatic rings. The van der Waals surface area contributed by atoms with Crippen LogP contribution in [-0.2, 0) is 44.8 Å². The van der Waals surface area contributed by atoms with Gasteiger partial charge in [0.2, 0.25) is 47.1 Å². The number of aromatic hydroxyl groups is 1. The van der Waals surface area contributed by atoms with Crippen molar-refractivity contribution in [1.29, 1.82) is 0 Å². The van der Waals surface area contributed by atoms with E-state index in [1.165, 1.54) is 23.3 Å². The molecule has 0 saturated carbocycles. The van der Waals surface area contributed by atoms with Gasteiger partial charge in [-0.2, -0.15) is 0 Å². The van der Waals surface area contributed by atoms with Gasteiger partial charge in [0.15, 0.2) is 0 Å². The number of phenolic OH excluding ortho intramolecular Hbond substituents is 1. The highest BCUT2D eigenvalue weighted by Crippen LogP contribution is 2.23. The number of benzene rings is 1. The molecule has 20 heteroatoms. The van der Waals surface area contributed by atoms with E-state index < -0.39 is 89.4 Å². The zero-order valence-corrected chi connectivity index (χ0v) is 39.8. The molecule has 0 radical (unpaired) electrons. The average Bonchev–Trinajstić information content (AvgIpc) is 4.07. The molecule has 2 aromatic heterocycles. The van der Waals surface area contributed by atoms with Crippen LogP contribution in [0, 0.1) is 23.7 Å². The van der Waals surface area contributed by atoms with Crippen molar-refractivity contribution in [2.45, 2.75) is 130 Å². The Kier molecular flexibility index (Phi) is 18.4. The van der Waals surface area contributed by atoms with E-state index in [2.05, 4.69) is 41.9 Å². The lowest BCUT2D eigenvalue weighted by Crippen LogP contribution is -2.56. The summed E-state index contributed by atoms with van der Waals surface area (Å²) in [4.78, 5) is 118. The number of aliphatic hydroxyl groups excluding tert-OH is 1. The van der Waals surface area contributed by atoms with Gasteiger partial charge in [-0.25, -0.2) is 4.98 Å². The van der Waals surface area contributed by atoms with Crippen molar-refractivity contribution >= 4 is 64.1 Å². The minimum absolute atomic E-state index is 0.0114. The fourth-order valence-corrected chi connectivity index (χ4v) is 8.16. The number of fused-ring (bicyclic) bond motifs is 5. The van der Waals surface area contributed by atoms with Crippen molar-refractivity contribution in [2.24, 2.45) is 23.7 Å². The number of Topliss-reactive ketones (excluding diaryl/α,β-unsaturated/α-hetero) is 1. The van der Waals surface area contributed by atoms with Crippen LogP contribution in [-0.4, -0.2) is 122 Å². The average molecular weight is 946 g/mol. The fraction of sp³-hybridized carbons (Fsp3) is 0.562. The Hall–Kier alpha value is -6.57. The Balaban J connectivity index is 1.43. The van der Waals surface area contributed by atoms with Crippen LogP contribution in [0.1, 0.15) is 110 Å². The smallest absolute Gasteiger partial charge is 0.290 e. The number of nitrogens with one attached hydrogen (secondary N) is 7. The van der Waals surface area contributed by atoms with Gasteiger partial charge in [0.05, 0.1) is 12.0 Å². The molecular weight excluding hydrogens is 879 g/mol. The number of phenols is 1. The summed E-state index contributed by atoms with van der Waals surface area (Å²) in [5.41, 5.74) is 1.48. The van der Waals surface area contributed by atoms with Gasteiger partial charge in [-0.15, -0.1) is 0 Å². The maximum atomic E-state index is 14.4. The zero-order chi connectivity index (χ0) is 49.8. The Bertz CT molecular complexity index is 2340. The molecule has 0 spiro atoms. The first-order valence-corrected chi connectivity index (χ1v) is 23.5. The number of hydrogen-bond acceptors (Lipinski definition) is 12. The molecule has 0 aliphatic carbocycles. The first-order chi connectivity index (χ1) is 32.2. The van der Waals surface area contributed by atoms with Gasteiger partial charge in [-0.3, -0.25) is 38.4 Å². The lowest BCUT2D eigenvalue weighted by molar-refractivity contribution is -0.141. The summed E-state index contributed by atoms with van der Waals surface area (Å²) in [6, 6.07) is 1.02. The normalized spacial score (nSPS) is 23.4. The second kappa shape index (κ2) is 23.9. The number of hydrogen-bond donors (Lipinski definition) is 9. The number of aromatic amines is 1. The molecule has 20 nitrogen and oxygen atoms in total. The van der Waals surface area contributed by atoms with Crippen molar-refractivity contribution in [3.63, 3.8) is 0 Å². The highest BCUT2D eigenvalue weighted by atomic mass is 16.3. The van der Waals surface area contributed by atoms with Crippen LogP contribution in [0.2, 0.25) is 0 Å². The molecule has 9 N–H and O–H groups in total. The number of ketones is 1. The fourth-order valence-electron chi connectivity index (χ4n) is 8.16. The SMILES string of the molecule is CCC(C)C(O)C(=O)N[C@H](CC(C)C)C(=O)N[C@H]1CCCNC(=O)[C@H](Cc2cc3cc(O)ccc3[nH]2)NC(=O)/C=C/c2coc(n2)[C@H](C)NC(=O)C(=O)[C@H](CC(C)C)NC(=O)[C@@H]2CCN(C2)C1=O. The quantitative estimate of drug-likeness (QED) is 0.118. The Morgan fingerprint density at radius 2 is 1.68 bits per heavy atom. The van der Waals surface area contributed by atoms with E-state index in [-0.39, 0.29) is 93.2 Å². The van der Waals surface area contributed by atoms with Crippen molar-refractivity contribution in [3.8, 4) is 5.75 Å². The van der Waals surface area contributed by atoms with E-state index in [0.717, 1.165) is 6.08 Å². The Morgan fingerprint density at radius 3 is 2.38 bits per heavy atom. The second-order valence-electron chi connectivity index (χ2n) is 18.8.